The first kappa shape index (κ1) is 16.9. The number of benzene rings is 4. The van der Waals surface area contributed by atoms with E-state index in [1.54, 1.807) is 0 Å². The van der Waals surface area contributed by atoms with Gasteiger partial charge in [-0.05, 0) is 46.5 Å². The first-order chi connectivity index (χ1) is 12.8. The monoisotopic (exact) mass is 447 g/mol. The van der Waals surface area contributed by atoms with E-state index in [2.05, 4.69) is 123 Å². The molecule has 4 rings (SSSR count). The molecule has 4 aromatic carbocycles. The van der Waals surface area contributed by atoms with Gasteiger partial charge in [-0.3, -0.25) is 3.11 Å². The van der Waals surface area contributed by atoms with E-state index in [0.717, 1.165) is 0 Å². The van der Waals surface area contributed by atoms with Gasteiger partial charge < -0.3 is 0 Å². The molecule has 0 aliphatic carbocycles. The van der Waals surface area contributed by atoms with Gasteiger partial charge in [-0.25, -0.2) is 0 Å². The predicted molar refractivity (Wildman–Crippen MR) is 120 cm³/mol. The number of anilines is 2. The fraction of sp³-hybridized carbons (Fsp3) is 0. The minimum atomic E-state index is 1.17. The molecule has 0 atom stereocenters. The van der Waals surface area contributed by atoms with Crippen molar-refractivity contribution in [2.45, 2.75) is 0 Å². The van der Waals surface area contributed by atoms with Crippen LogP contribution in [0, 0.1) is 0 Å². The Morgan fingerprint density at radius 1 is 0.385 bits per heavy atom. The number of hydrogen-bond acceptors (Lipinski definition) is 1. The van der Waals surface area contributed by atoms with Crippen LogP contribution in [0.1, 0.15) is 0 Å². The van der Waals surface area contributed by atoms with Crippen molar-refractivity contribution in [2.75, 3.05) is 3.11 Å². The lowest BCUT2D eigenvalue weighted by atomic mass is 10.0. The summed E-state index contributed by atoms with van der Waals surface area (Å²) in [5.74, 6) is 0. The SMILES string of the molecule is IN(c1ccccc1)c1ccc(-c2ccc(-c3ccccc3)cc2)cc1. The molecule has 0 spiro atoms. The fourth-order valence-electron chi connectivity index (χ4n) is 2.98. The van der Waals surface area contributed by atoms with E-state index in [1.807, 2.05) is 12.1 Å². The summed E-state index contributed by atoms with van der Waals surface area (Å²) in [6.07, 6.45) is 0. The topological polar surface area (TPSA) is 3.24 Å². The van der Waals surface area contributed by atoms with Gasteiger partial charge in [0.25, 0.3) is 0 Å². The van der Waals surface area contributed by atoms with Crippen molar-refractivity contribution in [3.8, 4) is 22.3 Å². The second-order valence-corrected chi connectivity index (χ2v) is 7.07. The Hall–Kier alpha value is -2.59. The Morgan fingerprint density at radius 3 is 1.23 bits per heavy atom. The van der Waals surface area contributed by atoms with Crippen LogP contribution in [0.15, 0.2) is 109 Å². The molecule has 1 nitrogen and oxygen atoms in total. The van der Waals surface area contributed by atoms with Crippen LogP contribution in [0.5, 0.6) is 0 Å². The summed E-state index contributed by atoms with van der Waals surface area (Å²) in [6.45, 7) is 0. The van der Waals surface area contributed by atoms with Crippen molar-refractivity contribution < 1.29 is 0 Å². The summed E-state index contributed by atoms with van der Waals surface area (Å²) < 4.78 is 2.17. The number of rotatable bonds is 4. The van der Waals surface area contributed by atoms with Crippen molar-refractivity contribution >= 4 is 34.2 Å². The highest BCUT2D eigenvalue weighted by Gasteiger charge is 2.06. The van der Waals surface area contributed by atoms with E-state index in [4.69, 9.17) is 0 Å². The Kier molecular flexibility index (Phi) is 5.02. The summed E-state index contributed by atoms with van der Waals surface area (Å²) in [5, 5.41) is 0. The first-order valence-corrected chi connectivity index (χ1v) is 9.55. The van der Waals surface area contributed by atoms with Gasteiger partial charge in [-0.15, -0.1) is 0 Å². The van der Waals surface area contributed by atoms with Gasteiger partial charge in [0.1, 0.15) is 0 Å². The maximum Gasteiger partial charge on any atom is 0.0646 e. The van der Waals surface area contributed by atoms with E-state index in [1.165, 1.54) is 33.6 Å². The minimum absolute atomic E-state index is 1.17. The van der Waals surface area contributed by atoms with E-state index in [0.29, 0.717) is 0 Å². The lowest BCUT2D eigenvalue weighted by molar-refractivity contribution is 1.47. The predicted octanol–water partition coefficient (Wildman–Crippen LogP) is 7.51. The quantitative estimate of drug-likeness (QED) is 0.231. The smallest absolute Gasteiger partial charge is 0.0646 e. The highest BCUT2D eigenvalue weighted by atomic mass is 127. The third kappa shape index (κ3) is 3.65. The van der Waals surface area contributed by atoms with Gasteiger partial charge in [0.05, 0.1) is 34.2 Å². The average molecular weight is 447 g/mol. The van der Waals surface area contributed by atoms with Crippen LogP contribution < -0.4 is 3.11 Å². The number of hydrogen-bond donors (Lipinski definition) is 0. The maximum atomic E-state index is 2.34. The third-order valence-corrected chi connectivity index (χ3v) is 5.52. The number of halogens is 1. The van der Waals surface area contributed by atoms with Crippen LogP contribution in [0.2, 0.25) is 0 Å². The van der Waals surface area contributed by atoms with Crippen molar-refractivity contribution in [1.29, 1.82) is 0 Å². The highest BCUT2D eigenvalue weighted by molar-refractivity contribution is 14.1. The van der Waals surface area contributed by atoms with E-state index in [9.17, 15) is 0 Å². The molecular formula is C24H18IN. The van der Waals surface area contributed by atoms with Crippen molar-refractivity contribution in [3.05, 3.63) is 109 Å². The Balaban J connectivity index is 1.55. The fourth-order valence-corrected chi connectivity index (χ4v) is 3.62. The van der Waals surface area contributed by atoms with Crippen LogP contribution in [0.3, 0.4) is 0 Å². The summed E-state index contributed by atoms with van der Waals surface area (Å²) in [5.41, 5.74) is 7.29. The van der Waals surface area contributed by atoms with Gasteiger partial charge in [0.2, 0.25) is 0 Å². The molecule has 126 valence electrons. The zero-order valence-corrected chi connectivity index (χ0v) is 16.4. The molecule has 0 bridgehead atoms. The highest BCUT2D eigenvalue weighted by Crippen LogP contribution is 2.31. The largest absolute Gasteiger partial charge is 0.283 e. The van der Waals surface area contributed by atoms with Crippen LogP contribution in [0.25, 0.3) is 22.3 Å². The van der Waals surface area contributed by atoms with Crippen LogP contribution in [-0.2, 0) is 0 Å². The lowest BCUT2D eigenvalue weighted by Crippen LogP contribution is -1.99. The van der Waals surface area contributed by atoms with E-state index < -0.39 is 0 Å². The van der Waals surface area contributed by atoms with Crippen LogP contribution in [0.4, 0.5) is 11.4 Å². The van der Waals surface area contributed by atoms with Gasteiger partial charge >= 0.3 is 0 Å². The lowest BCUT2D eigenvalue weighted by Gasteiger charge is -2.17. The third-order valence-electron chi connectivity index (χ3n) is 4.40. The molecule has 0 fully saturated rings. The number of para-hydroxylation sites is 1. The second-order valence-electron chi connectivity index (χ2n) is 6.11. The van der Waals surface area contributed by atoms with Gasteiger partial charge in [0.15, 0.2) is 0 Å². The molecule has 0 aliphatic heterocycles. The first-order valence-electron chi connectivity index (χ1n) is 8.58. The van der Waals surface area contributed by atoms with Crippen molar-refractivity contribution in [3.63, 3.8) is 0 Å². The summed E-state index contributed by atoms with van der Waals surface area (Å²) in [7, 11) is 0. The molecule has 0 saturated heterocycles. The second kappa shape index (κ2) is 7.75. The molecule has 0 radical (unpaired) electrons. The summed E-state index contributed by atoms with van der Waals surface area (Å²) >= 11 is 2.34. The molecule has 0 unspecified atom stereocenters. The van der Waals surface area contributed by atoms with E-state index in [-0.39, 0.29) is 0 Å². The van der Waals surface area contributed by atoms with Gasteiger partial charge in [-0.1, -0.05) is 84.9 Å². The van der Waals surface area contributed by atoms with Crippen molar-refractivity contribution in [1.82, 2.24) is 0 Å². The number of nitrogens with zero attached hydrogens (tertiary/aromatic N) is 1. The average Bonchev–Trinajstić information content (AvgIpc) is 2.75. The van der Waals surface area contributed by atoms with Gasteiger partial charge in [0, 0.05) is 0 Å². The standard InChI is InChI=1S/C24H18IN/c25-26(23-9-5-2-6-10-23)24-17-15-22(16-18-24)21-13-11-20(12-14-21)19-7-3-1-4-8-19/h1-18H. The van der Waals surface area contributed by atoms with Crippen LogP contribution in [-0.4, -0.2) is 0 Å². The zero-order chi connectivity index (χ0) is 17.8. The molecule has 0 saturated carbocycles. The van der Waals surface area contributed by atoms with Crippen molar-refractivity contribution in [2.24, 2.45) is 0 Å². The Morgan fingerprint density at radius 2 is 0.731 bits per heavy atom. The minimum Gasteiger partial charge on any atom is -0.283 e. The summed E-state index contributed by atoms with van der Waals surface area (Å²) in [4.78, 5) is 0. The molecule has 26 heavy (non-hydrogen) atoms. The molecule has 4 aromatic rings. The molecule has 0 heterocycles. The molecule has 2 heteroatoms. The maximum absolute atomic E-state index is 2.34. The zero-order valence-electron chi connectivity index (χ0n) is 14.2. The molecule has 0 aliphatic rings. The Labute approximate surface area is 168 Å². The molecule has 0 amide bonds. The molecular weight excluding hydrogens is 429 g/mol. The normalized spacial score (nSPS) is 10.5. The van der Waals surface area contributed by atoms with E-state index >= 15 is 0 Å². The Bertz CT molecular complexity index is 962. The van der Waals surface area contributed by atoms with Gasteiger partial charge in [-0.2, -0.15) is 0 Å². The molecule has 0 N–H and O–H groups in total. The van der Waals surface area contributed by atoms with Crippen LogP contribution >= 0.6 is 22.9 Å². The molecule has 0 aromatic heterocycles. The summed E-state index contributed by atoms with van der Waals surface area (Å²) in [6, 6.07) is 38.3.